The number of hydrogen-bond donors (Lipinski definition) is 1. The van der Waals surface area contributed by atoms with Crippen molar-refractivity contribution in [3.63, 3.8) is 0 Å². The summed E-state index contributed by atoms with van der Waals surface area (Å²) in [5.41, 5.74) is 2.51. The molecule has 1 aliphatic rings. The first kappa shape index (κ1) is 12.9. The Morgan fingerprint density at radius 1 is 1.39 bits per heavy atom. The maximum Gasteiger partial charge on any atom is 0.303 e. The SMILES string of the molecule is CCN(CC1(CC(=O)O)CC1)c1ccccc1C. The molecule has 98 valence electrons. The number of carboxylic acid groups (broad SMARTS) is 1. The molecular formula is C15H21NO2. The zero-order valence-electron chi connectivity index (χ0n) is 11.1. The third-order valence-corrected chi connectivity index (χ3v) is 3.85. The monoisotopic (exact) mass is 247 g/mol. The summed E-state index contributed by atoms with van der Waals surface area (Å²) in [7, 11) is 0. The van der Waals surface area contributed by atoms with Crippen molar-refractivity contribution in [1.82, 2.24) is 0 Å². The lowest BCUT2D eigenvalue weighted by molar-refractivity contribution is -0.138. The van der Waals surface area contributed by atoms with Gasteiger partial charge >= 0.3 is 5.97 Å². The van der Waals surface area contributed by atoms with Gasteiger partial charge in [-0.15, -0.1) is 0 Å². The highest BCUT2D eigenvalue weighted by Gasteiger charge is 2.45. The van der Waals surface area contributed by atoms with E-state index in [4.69, 9.17) is 5.11 Å². The number of para-hydroxylation sites is 1. The number of hydrogen-bond acceptors (Lipinski definition) is 2. The molecule has 0 aliphatic heterocycles. The van der Waals surface area contributed by atoms with E-state index in [2.05, 4.69) is 30.9 Å². The molecule has 1 N–H and O–H groups in total. The van der Waals surface area contributed by atoms with Crippen LogP contribution in [0.3, 0.4) is 0 Å². The van der Waals surface area contributed by atoms with Gasteiger partial charge in [-0.1, -0.05) is 18.2 Å². The van der Waals surface area contributed by atoms with Crippen molar-refractivity contribution < 1.29 is 9.90 Å². The quantitative estimate of drug-likeness (QED) is 0.839. The molecule has 1 saturated carbocycles. The number of aryl methyl sites for hydroxylation is 1. The van der Waals surface area contributed by atoms with Crippen LogP contribution >= 0.6 is 0 Å². The summed E-state index contributed by atoms with van der Waals surface area (Å²) in [5, 5.41) is 8.98. The first-order valence-electron chi connectivity index (χ1n) is 6.59. The minimum Gasteiger partial charge on any atom is -0.481 e. The summed E-state index contributed by atoms with van der Waals surface area (Å²) >= 11 is 0. The minimum absolute atomic E-state index is 0.0180. The highest BCUT2D eigenvalue weighted by atomic mass is 16.4. The van der Waals surface area contributed by atoms with E-state index >= 15 is 0 Å². The van der Waals surface area contributed by atoms with Crippen LogP contribution in [0.25, 0.3) is 0 Å². The second-order valence-corrected chi connectivity index (χ2v) is 5.37. The maximum atomic E-state index is 10.9. The second kappa shape index (κ2) is 5.01. The van der Waals surface area contributed by atoms with Crippen LogP contribution in [0.4, 0.5) is 5.69 Å². The lowest BCUT2D eigenvalue weighted by atomic mass is 10.0. The van der Waals surface area contributed by atoms with Crippen LogP contribution in [0.15, 0.2) is 24.3 Å². The molecule has 0 amide bonds. The van der Waals surface area contributed by atoms with Gasteiger partial charge in [0.2, 0.25) is 0 Å². The molecule has 1 aromatic rings. The summed E-state index contributed by atoms with van der Waals surface area (Å²) in [5.74, 6) is -0.673. The second-order valence-electron chi connectivity index (χ2n) is 5.37. The lowest BCUT2D eigenvalue weighted by Gasteiger charge is -2.29. The van der Waals surface area contributed by atoms with Crippen molar-refractivity contribution in [2.24, 2.45) is 5.41 Å². The molecule has 2 rings (SSSR count). The van der Waals surface area contributed by atoms with Gasteiger partial charge in [0.15, 0.2) is 0 Å². The van der Waals surface area contributed by atoms with Gasteiger partial charge in [-0.05, 0) is 43.7 Å². The zero-order chi connectivity index (χ0) is 13.2. The first-order chi connectivity index (χ1) is 8.56. The van der Waals surface area contributed by atoms with Crippen LogP contribution in [-0.4, -0.2) is 24.2 Å². The van der Waals surface area contributed by atoms with Crippen molar-refractivity contribution in [3.8, 4) is 0 Å². The number of rotatable bonds is 6. The third kappa shape index (κ3) is 2.84. The molecule has 0 atom stereocenters. The van der Waals surface area contributed by atoms with Crippen LogP contribution in [0.2, 0.25) is 0 Å². The van der Waals surface area contributed by atoms with Gasteiger partial charge < -0.3 is 10.0 Å². The van der Waals surface area contributed by atoms with Crippen LogP contribution in [0, 0.1) is 12.3 Å². The van der Waals surface area contributed by atoms with E-state index in [1.54, 1.807) is 0 Å². The van der Waals surface area contributed by atoms with Crippen molar-refractivity contribution in [2.45, 2.75) is 33.1 Å². The van der Waals surface area contributed by atoms with Crippen molar-refractivity contribution in [3.05, 3.63) is 29.8 Å². The topological polar surface area (TPSA) is 40.5 Å². The Morgan fingerprint density at radius 3 is 2.56 bits per heavy atom. The molecular weight excluding hydrogens is 226 g/mol. The van der Waals surface area contributed by atoms with Gasteiger partial charge in [0.25, 0.3) is 0 Å². The molecule has 3 nitrogen and oxygen atoms in total. The Balaban J connectivity index is 2.11. The number of benzene rings is 1. The van der Waals surface area contributed by atoms with Crippen LogP contribution in [0.5, 0.6) is 0 Å². The maximum absolute atomic E-state index is 10.9. The van der Waals surface area contributed by atoms with E-state index in [1.165, 1.54) is 11.3 Å². The summed E-state index contributed by atoms with van der Waals surface area (Å²) in [6, 6.07) is 8.31. The average molecular weight is 247 g/mol. The van der Waals surface area contributed by atoms with Gasteiger partial charge in [0.1, 0.15) is 0 Å². The fourth-order valence-electron chi connectivity index (χ4n) is 2.58. The van der Waals surface area contributed by atoms with Crippen molar-refractivity contribution in [2.75, 3.05) is 18.0 Å². The summed E-state index contributed by atoms with van der Waals surface area (Å²) < 4.78 is 0. The van der Waals surface area contributed by atoms with E-state index in [0.29, 0.717) is 6.42 Å². The van der Waals surface area contributed by atoms with Gasteiger partial charge in [0.05, 0.1) is 6.42 Å². The fourth-order valence-corrected chi connectivity index (χ4v) is 2.58. The van der Waals surface area contributed by atoms with Gasteiger partial charge in [-0.2, -0.15) is 0 Å². The van der Waals surface area contributed by atoms with E-state index in [0.717, 1.165) is 25.9 Å². The normalized spacial score (nSPS) is 16.3. The Morgan fingerprint density at radius 2 is 2.06 bits per heavy atom. The number of nitrogens with zero attached hydrogens (tertiary/aromatic N) is 1. The van der Waals surface area contributed by atoms with Crippen molar-refractivity contribution >= 4 is 11.7 Å². The molecule has 0 saturated heterocycles. The van der Waals surface area contributed by atoms with Crippen LogP contribution in [0.1, 0.15) is 31.7 Å². The predicted molar refractivity (Wildman–Crippen MR) is 73.0 cm³/mol. The number of carboxylic acids is 1. The Labute approximate surface area is 108 Å². The molecule has 1 aromatic carbocycles. The minimum atomic E-state index is -0.673. The van der Waals surface area contributed by atoms with Crippen LogP contribution < -0.4 is 4.90 Å². The molecule has 1 fully saturated rings. The smallest absolute Gasteiger partial charge is 0.303 e. The standard InChI is InChI=1S/C15H21NO2/c1-3-16(13-7-5-4-6-12(13)2)11-15(8-9-15)10-14(17)18/h4-7H,3,8-11H2,1-2H3,(H,17,18). The largest absolute Gasteiger partial charge is 0.481 e. The highest BCUT2D eigenvalue weighted by Crippen LogP contribution is 2.49. The Hall–Kier alpha value is -1.51. The average Bonchev–Trinajstić information content (AvgIpc) is 3.06. The molecule has 0 bridgehead atoms. The lowest BCUT2D eigenvalue weighted by Crippen LogP contribution is -2.32. The van der Waals surface area contributed by atoms with E-state index in [1.807, 2.05) is 12.1 Å². The molecule has 0 aromatic heterocycles. The number of carbonyl (C=O) groups is 1. The van der Waals surface area contributed by atoms with Crippen LogP contribution in [-0.2, 0) is 4.79 Å². The zero-order valence-corrected chi connectivity index (χ0v) is 11.1. The summed E-state index contributed by atoms with van der Waals surface area (Å²) in [6.07, 6.45) is 2.39. The van der Waals surface area contributed by atoms with Gasteiger partial charge in [0, 0.05) is 18.8 Å². The molecule has 18 heavy (non-hydrogen) atoms. The van der Waals surface area contributed by atoms with E-state index < -0.39 is 5.97 Å². The first-order valence-corrected chi connectivity index (χ1v) is 6.59. The molecule has 0 heterocycles. The molecule has 3 heteroatoms. The Bertz CT molecular complexity index is 438. The molecule has 0 spiro atoms. The predicted octanol–water partition coefficient (Wildman–Crippen LogP) is 3.08. The third-order valence-electron chi connectivity index (χ3n) is 3.85. The number of anilines is 1. The summed E-state index contributed by atoms with van der Waals surface area (Å²) in [6.45, 7) is 6.02. The van der Waals surface area contributed by atoms with E-state index in [-0.39, 0.29) is 5.41 Å². The molecule has 0 radical (unpaired) electrons. The highest BCUT2D eigenvalue weighted by molar-refractivity contribution is 5.68. The van der Waals surface area contributed by atoms with E-state index in [9.17, 15) is 4.79 Å². The summed E-state index contributed by atoms with van der Waals surface area (Å²) in [4.78, 5) is 13.2. The van der Waals surface area contributed by atoms with Gasteiger partial charge in [-0.25, -0.2) is 0 Å². The van der Waals surface area contributed by atoms with Gasteiger partial charge in [-0.3, -0.25) is 4.79 Å². The number of aliphatic carboxylic acids is 1. The molecule has 1 aliphatic carbocycles. The van der Waals surface area contributed by atoms with Crippen molar-refractivity contribution in [1.29, 1.82) is 0 Å². The fraction of sp³-hybridized carbons (Fsp3) is 0.533. The molecule has 0 unspecified atom stereocenters. The Kier molecular flexibility index (Phi) is 3.60.